The summed E-state index contributed by atoms with van der Waals surface area (Å²) in [6.07, 6.45) is -1.83. The molecule has 4 saturated carbocycles. The van der Waals surface area contributed by atoms with Crippen molar-refractivity contribution < 1.29 is 74.6 Å². The summed E-state index contributed by atoms with van der Waals surface area (Å²) in [6, 6.07) is 2.65. The van der Waals surface area contributed by atoms with Crippen LogP contribution in [0.3, 0.4) is 0 Å². The predicted molar refractivity (Wildman–Crippen MR) is 141 cm³/mol. The second-order valence-electron chi connectivity index (χ2n) is 13.4. The Kier molecular flexibility index (Phi) is 8.30. The summed E-state index contributed by atoms with van der Waals surface area (Å²) < 4.78 is 244. The fourth-order valence-electron chi connectivity index (χ4n) is 8.16. The van der Waals surface area contributed by atoms with Gasteiger partial charge >= 0.3 is 35.8 Å². The lowest BCUT2D eigenvalue weighted by Gasteiger charge is -2.57. The van der Waals surface area contributed by atoms with Crippen molar-refractivity contribution in [3.63, 3.8) is 0 Å². The van der Waals surface area contributed by atoms with Gasteiger partial charge < -0.3 is 0 Å². The Bertz CT molecular complexity index is 1770. The van der Waals surface area contributed by atoms with Gasteiger partial charge in [0.15, 0.2) is 23.3 Å². The molecule has 7 rings (SSSR count). The van der Waals surface area contributed by atoms with Crippen LogP contribution in [-0.2, 0) is 23.4 Å². The first-order valence-electron chi connectivity index (χ1n) is 15.1. The monoisotopic (exact) mass is 756 g/mol. The smallest absolute Gasteiger partial charge is 0.235 e. The van der Waals surface area contributed by atoms with E-state index in [0.717, 1.165) is 31.4 Å². The van der Waals surface area contributed by atoms with E-state index in [2.05, 4.69) is 9.97 Å². The van der Waals surface area contributed by atoms with Gasteiger partial charge in [-0.1, -0.05) is 24.3 Å². The average molecular weight is 756 g/mol. The first kappa shape index (κ1) is 37.1. The molecule has 0 unspecified atom stereocenters. The van der Waals surface area contributed by atoms with Crippen LogP contribution in [0.25, 0.3) is 11.1 Å². The summed E-state index contributed by atoms with van der Waals surface area (Å²) in [5.74, 6) is -48.5. The van der Waals surface area contributed by atoms with Crippen LogP contribution in [0.2, 0.25) is 0 Å². The van der Waals surface area contributed by atoms with Gasteiger partial charge in [0.05, 0.1) is 5.56 Å². The first-order valence-corrected chi connectivity index (χ1v) is 15.1. The Labute approximate surface area is 276 Å². The number of hydrogen-bond donors (Lipinski definition) is 0. The molecule has 0 saturated heterocycles. The van der Waals surface area contributed by atoms with E-state index in [1.165, 1.54) is 0 Å². The van der Waals surface area contributed by atoms with E-state index in [-0.39, 0.29) is 0 Å². The van der Waals surface area contributed by atoms with Crippen LogP contribution in [-0.4, -0.2) is 27.7 Å². The van der Waals surface area contributed by atoms with Crippen molar-refractivity contribution in [3.05, 3.63) is 82.4 Å². The molecule has 0 N–H and O–H groups in total. The molecule has 19 heteroatoms. The molecule has 3 aromatic rings. The SMILES string of the molecule is Fc1c(F)c(C(F)(F)F)c(F)c(F)c1-c1cnc(C(F)(F)C(F)(F)C(F)(F)C(F)(F)C(F)(F)c2ccc(C34CC5CC(CC(C5)C3)C4)cc2)nc1. The third-order valence-corrected chi connectivity index (χ3v) is 10.2. The summed E-state index contributed by atoms with van der Waals surface area (Å²) >= 11 is 0. The number of nitrogens with zero attached hydrogens (tertiary/aromatic N) is 2. The van der Waals surface area contributed by atoms with Crippen molar-refractivity contribution in [1.82, 2.24) is 9.97 Å². The molecule has 2 nitrogen and oxygen atoms in total. The van der Waals surface area contributed by atoms with E-state index in [1.54, 1.807) is 0 Å². The fraction of sp³-hybridized carbons (Fsp3) is 0.500. The van der Waals surface area contributed by atoms with E-state index < -0.39 is 105 Å². The van der Waals surface area contributed by atoms with Gasteiger partial charge in [-0.2, -0.15) is 57.1 Å². The summed E-state index contributed by atoms with van der Waals surface area (Å²) in [7, 11) is 0. The summed E-state index contributed by atoms with van der Waals surface area (Å²) in [4.78, 5) is 4.80. The van der Waals surface area contributed by atoms with E-state index in [9.17, 15) is 65.9 Å². The third-order valence-electron chi connectivity index (χ3n) is 10.2. The normalized spacial score (nSPS) is 24.4. The molecule has 0 radical (unpaired) electrons. The van der Waals surface area contributed by atoms with Gasteiger partial charge in [-0.3, -0.25) is 0 Å². The molecule has 4 aliphatic rings. The number of rotatable bonds is 8. The highest BCUT2D eigenvalue weighted by Gasteiger charge is 2.87. The van der Waals surface area contributed by atoms with E-state index in [1.807, 2.05) is 0 Å². The van der Waals surface area contributed by atoms with Crippen LogP contribution >= 0.6 is 0 Å². The molecule has 4 fully saturated rings. The lowest BCUT2D eigenvalue weighted by Crippen LogP contribution is -2.65. The predicted octanol–water partition coefficient (Wildman–Crippen LogP) is 11.0. The highest BCUT2D eigenvalue weighted by atomic mass is 19.4. The average Bonchev–Trinajstić information content (AvgIpc) is 3.02. The molecular formula is C32H21F17N2. The van der Waals surface area contributed by atoms with Crippen molar-refractivity contribution >= 4 is 0 Å². The highest BCUT2D eigenvalue weighted by Crippen LogP contribution is 2.63. The van der Waals surface area contributed by atoms with Crippen LogP contribution in [0.5, 0.6) is 0 Å². The molecule has 0 spiro atoms. The van der Waals surface area contributed by atoms with E-state index in [0.29, 0.717) is 54.7 Å². The van der Waals surface area contributed by atoms with Crippen LogP contribution in [0.4, 0.5) is 74.6 Å². The minimum Gasteiger partial charge on any atom is -0.235 e. The Morgan fingerprint density at radius 3 is 1.35 bits per heavy atom. The number of alkyl halides is 13. The molecule has 0 atom stereocenters. The number of halogens is 17. The van der Waals surface area contributed by atoms with Gasteiger partial charge in [0, 0.05) is 23.5 Å². The Balaban J connectivity index is 1.29. The van der Waals surface area contributed by atoms with Gasteiger partial charge in [0.1, 0.15) is 5.56 Å². The zero-order chi connectivity index (χ0) is 37.9. The van der Waals surface area contributed by atoms with E-state index >= 15 is 8.78 Å². The van der Waals surface area contributed by atoms with Crippen LogP contribution < -0.4 is 0 Å². The second kappa shape index (κ2) is 11.4. The second-order valence-corrected chi connectivity index (χ2v) is 13.4. The maximum absolute atomic E-state index is 15.1. The van der Waals surface area contributed by atoms with Crippen molar-refractivity contribution in [1.29, 1.82) is 0 Å². The maximum atomic E-state index is 15.1. The Morgan fingerprint density at radius 2 is 0.941 bits per heavy atom. The summed E-state index contributed by atoms with van der Waals surface area (Å²) in [5, 5.41) is 0. The van der Waals surface area contributed by atoms with Gasteiger partial charge in [-0.25, -0.2) is 27.5 Å². The molecular weight excluding hydrogens is 735 g/mol. The van der Waals surface area contributed by atoms with Crippen LogP contribution in [0.1, 0.15) is 61.0 Å². The number of benzene rings is 2. The van der Waals surface area contributed by atoms with Gasteiger partial charge in [-0.05, 0) is 67.3 Å². The van der Waals surface area contributed by atoms with Crippen molar-refractivity contribution in [2.45, 2.75) is 79.7 Å². The first-order chi connectivity index (χ1) is 23.3. The van der Waals surface area contributed by atoms with Crippen molar-refractivity contribution in [2.75, 3.05) is 0 Å². The molecule has 4 aliphatic carbocycles. The van der Waals surface area contributed by atoms with Gasteiger partial charge in [0.25, 0.3) is 0 Å². The molecule has 1 aromatic heterocycles. The Hall–Kier alpha value is -3.67. The molecule has 51 heavy (non-hydrogen) atoms. The molecule has 2 aromatic carbocycles. The van der Waals surface area contributed by atoms with Crippen molar-refractivity contribution in [3.8, 4) is 11.1 Å². The third kappa shape index (κ3) is 5.28. The zero-order valence-corrected chi connectivity index (χ0v) is 25.3. The number of hydrogen-bond acceptors (Lipinski definition) is 2. The minimum atomic E-state index is -7.58. The molecule has 0 aliphatic heterocycles. The standard InChI is InChI=1S/C32H21F17N2/c33-21-19(22(34)24(36)20(23(21)35)29(41,42)43)16-11-50-25(51-12-16)28(39,40)31(46,47)32(48,49)30(44,45)27(37,38)18-3-1-17(2-4-18)26-8-13-5-14(9-26)7-15(6-13)10-26/h1-4,11-15H,5-10H2. The van der Waals surface area contributed by atoms with Crippen LogP contribution in [0, 0.1) is 41.0 Å². The van der Waals surface area contributed by atoms with Crippen LogP contribution in [0.15, 0.2) is 36.7 Å². The van der Waals surface area contributed by atoms with E-state index in [4.69, 9.17) is 0 Å². The Morgan fingerprint density at radius 1 is 0.529 bits per heavy atom. The highest BCUT2D eigenvalue weighted by molar-refractivity contribution is 5.64. The molecule has 4 bridgehead atoms. The largest absolute Gasteiger partial charge is 0.422 e. The van der Waals surface area contributed by atoms with Gasteiger partial charge in [0.2, 0.25) is 5.82 Å². The van der Waals surface area contributed by atoms with Gasteiger partial charge in [-0.15, -0.1) is 0 Å². The lowest BCUT2D eigenvalue weighted by molar-refractivity contribution is -0.408. The topological polar surface area (TPSA) is 25.8 Å². The lowest BCUT2D eigenvalue weighted by atomic mass is 9.48. The van der Waals surface area contributed by atoms with Crippen molar-refractivity contribution in [2.24, 2.45) is 17.8 Å². The number of aromatic nitrogens is 2. The molecule has 1 heterocycles. The maximum Gasteiger partial charge on any atom is 0.422 e. The zero-order valence-electron chi connectivity index (χ0n) is 25.3. The quantitative estimate of drug-likeness (QED) is 0.169. The molecule has 278 valence electrons. The fourth-order valence-corrected chi connectivity index (χ4v) is 8.16. The molecule has 0 amide bonds. The minimum absolute atomic E-state index is 0.335. The summed E-state index contributed by atoms with van der Waals surface area (Å²) in [6.45, 7) is 0. The summed E-state index contributed by atoms with van der Waals surface area (Å²) in [5.41, 5.74) is -8.57.